The molecule has 0 aliphatic carbocycles. The fourth-order valence-corrected chi connectivity index (χ4v) is 4.12. The maximum absolute atomic E-state index is 14.1. The number of hydrogen-bond donors (Lipinski definition) is 3. The summed E-state index contributed by atoms with van der Waals surface area (Å²) in [6, 6.07) is 16.4. The summed E-state index contributed by atoms with van der Waals surface area (Å²) in [6.07, 6.45) is 0. The van der Waals surface area contributed by atoms with Gasteiger partial charge in [-0.25, -0.2) is 19.2 Å². The number of rotatable bonds is 5. The normalized spacial score (nSPS) is 11.1. The van der Waals surface area contributed by atoms with Gasteiger partial charge in [-0.15, -0.1) is 0 Å². The first-order chi connectivity index (χ1) is 16.8. The Hall–Kier alpha value is -4.79. The highest BCUT2D eigenvalue weighted by atomic mass is 19.1. The van der Waals surface area contributed by atoms with E-state index in [0.29, 0.717) is 38.9 Å². The van der Waals surface area contributed by atoms with Crippen molar-refractivity contribution in [1.82, 2.24) is 15.0 Å². The molecular formula is C26H20FN5O3. The molecule has 5 N–H and O–H groups in total. The fourth-order valence-electron chi connectivity index (χ4n) is 4.12. The maximum atomic E-state index is 14.1. The number of carbonyl (C=O) groups is 2. The molecule has 0 spiro atoms. The van der Waals surface area contributed by atoms with E-state index in [1.54, 1.807) is 31.2 Å². The van der Waals surface area contributed by atoms with Gasteiger partial charge in [0.15, 0.2) is 0 Å². The van der Waals surface area contributed by atoms with E-state index < -0.39 is 17.7 Å². The fraction of sp³-hybridized carbons (Fsp3) is 0.0769. The molecule has 174 valence electrons. The lowest BCUT2D eigenvalue weighted by Gasteiger charge is -2.12. The first kappa shape index (κ1) is 22.0. The van der Waals surface area contributed by atoms with Crippen LogP contribution in [0.3, 0.4) is 0 Å². The van der Waals surface area contributed by atoms with E-state index in [2.05, 4.69) is 15.0 Å². The third kappa shape index (κ3) is 4.04. The van der Waals surface area contributed by atoms with Crippen molar-refractivity contribution in [2.45, 2.75) is 6.92 Å². The number of amides is 1. The van der Waals surface area contributed by atoms with Gasteiger partial charge in [0.05, 0.1) is 23.3 Å². The average molecular weight is 469 g/mol. The van der Waals surface area contributed by atoms with E-state index in [9.17, 15) is 14.0 Å². The lowest BCUT2D eigenvalue weighted by atomic mass is 9.95. The second-order valence-corrected chi connectivity index (χ2v) is 7.93. The number of para-hydroxylation sites is 1. The number of hydrogen-bond acceptors (Lipinski definition) is 6. The van der Waals surface area contributed by atoms with E-state index in [1.165, 1.54) is 18.2 Å². The predicted molar refractivity (Wildman–Crippen MR) is 131 cm³/mol. The second kappa shape index (κ2) is 8.53. The zero-order valence-corrected chi connectivity index (χ0v) is 18.6. The number of benzene rings is 3. The van der Waals surface area contributed by atoms with Crippen LogP contribution in [0.2, 0.25) is 0 Å². The first-order valence-electron chi connectivity index (χ1n) is 10.8. The van der Waals surface area contributed by atoms with Crippen LogP contribution in [0.25, 0.3) is 44.2 Å². The summed E-state index contributed by atoms with van der Waals surface area (Å²) < 4.78 is 19.2. The van der Waals surface area contributed by atoms with Crippen molar-refractivity contribution in [2.75, 3.05) is 12.3 Å². The molecule has 0 radical (unpaired) electrons. The summed E-state index contributed by atoms with van der Waals surface area (Å²) in [7, 11) is 0. The Kier molecular flexibility index (Phi) is 5.37. The topological polar surface area (TPSA) is 137 Å². The minimum absolute atomic E-state index is 0.00989. The van der Waals surface area contributed by atoms with Gasteiger partial charge in [-0.3, -0.25) is 4.79 Å². The number of H-pyrrole nitrogens is 1. The van der Waals surface area contributed by atoms with Crippen molar-refractivity contribution < 1.29 is 18.7 Å². The van der Waals surface area contributed by atoms with Crippen molar-refractivity contribution in [1.29, 1.82) is 0 Å². The molecule has 1 amide bonds. The molecule has 5 aromatic rings. The van der Waals surface area contributed by atoms with Crippen molar-refractivity contribution in [3.63, 3.8) is 0 Å². The Morgan fingerprint density at radius 1 is 1.03 bits per heavy atom. The number of nitrogen functional groups attached to an aromatic ring is 1. The zero-order chi connectivity index (χ0) is 24.7. The van der Waals surface area contributed by atoms with Crippen LogP contribution in [-0.2, 0) is 4.74 Å². The minimum atomic E-state index is -0.642. The Morgan fingerprint density at radius 2 is 1.83 bits per heavy atom. The minimum Gasteiger partial charge on any atom is -0.461 e. The molecule has 2 aromatic heterocycles. The van der Waals surface area contributed by atoms with Gasteiger partial charge in [-0.1, -0.05) is 18.2 Å². The van der Waals surface area contributed by atoms with Crippen LogP contribution in [-0.4, -0.2) is 33.4 Å². The van der Waals surface area contributed by atoms with Gasteiger partial charge in [-0.2, -0.15) is 0 Å². The standard InChI is InChI=1S/C26H20FN5O3/c1-2-35-25(34)21-11-13-4-3-5-18(22(13)30-21)14-8-15(10-16(9-14)24(28)33)23-19-12-17(27)6-7-20(19)31-26(29)32-23/h3-12,30H,2H2,1H3,(H2,28,33)(H2,29,31,32). The number of aromatic amines is 1. The molecule has 8 nitrogen and oxygen atoms in total. The van der Waals surface area contributed by atoms with E-state index >= 15 is 0 Å². The van der Waals surface area contributed by atoms with Crippen molar-refractivity contribution in [2.24, 2.45) is 5.73 Å². The lowest BCUT2D eigenvalue weighted by Crippen LogP contribution is -2.11. The second-order valence-electron chi connectivity index (χ2n) is 7.93. The Balaban J connectivity index is 1.75. The monoisotopic (exact) mass is 469 g/mol. The van der Waals surface area contributed by atoms with E-state index in [1.807, 2.05) is 18.2 Å². The van der Waals surface area contributed by atoms with Crippen LogP contribution < -0.4 is 11.5 Å². The Labute approximate surface area is 198 Å². The van der Waals surface area contributed by atoms with E-state index in [-0.39, 0.29) is 18.1 Å². The zero-order valence-electron chi connectivity index (χ0n) is 18.6. The number of ether oxygens (including phenoxy) is 1. The number of fused-ring (bicyclic) bond motifs is 2. The number of aromatic nitrogens is 3. The van der Waals surface area contributed by atoms with E-state index in [4.69, 9.17) is 16.2 Å². The summed E-state index contributed by atoms with van der Waals surface area (Å²) in [5.74, 6) is -1.56. The van der Waals surface area contributed by atoms with Crippen LogP contribution in [0.4, 0.5) is 10.3 Å². The molecular weight excluding hydrogens is 449 g/mol. The van der Waals surface area contributed by atoms with Crippen molar-refractivity contribution >= 4 is 39.6 Å². The summed E-state index contributed by atoms with van der Waals surface area (Å²) in [4.78, 5) is 36.1. The molecule has 0 unspecified atom stereocenters. The Bertz CT molecular complexity index is 1640. The Morgan fingerprint density at radius 3 is 2.60 bits per heavy atom. The van der Waals surface area contributed by atoms with Crippen molar-refractivity contribution in [3.8, 4) is 22.4 Å². The quantitative estimate of drug-likeness (QED) is 0.325. The summed E-state index contributed by atoms with van der Waals surface area (Å²) in [5.41, 5.74) is 15.5. The molecule has 3 aromatic carbocycles. The molecule has 0 aliphatic rings. The average Bonchev–Trinajstić information content (AvgIpc) is 3.28. The van der Waals surface area contributed by atoms with Gasteiger partial charge in [0.25, 0.3) is 0 Å². The number of carbonyl (C=O) groups excluding carboxylic acids is 2. The highest BCUT2D eigenvalue weighted by Gasteiger charge is 2.17. The highest BCUT2D eigenvalue weighted by molar-refractivity contribution is 6.03. The number of nitrogens with two attached hydrogens (primary N) is 2. The van der Waals surface area contributed by atoms with Gasteiger partial charge >= 0.3 is 5.97 Å². The number of anilines is 1. The molecule has 0 atom stereocenters. The number of halogens is 1. The van der Waals surface area contributed by atoms with Crippen LogP contribution in [0, 0.1) is 5.82 Å². The van der Waals surface area contributed by atoms with Gasteiger partial charge in [-0.05, 0) is 55.0 Å². The molecule has 0 saturated heterocycles. The van der Waals surface area contributed by atoms with Crippen LogP contribution in [0.1, 0.15) is 27.8 Å². The third-order valence-corrected chi connectivity index (χ3v) is 5.63. The molecule has 0 fully saturated rings. The van der Waals surface area contributed by atoms with Gasteiger partial charge in [0.2, 0.25) is 11.9 Å². The molecule has 0 bridgehead atoms. The van der Waals surface area contributed by atoms with Crippen LogP contribution in [0.5, 0.6) is 0 Å². The van der Waals surface area contributed by atoms with Gasteiger partial charge < -0.3 is 21.2 Å². The van der Waals surface area contributed by atoms with Gasteiger partial charge in [0, 0.05) is 27.5 Å². The molecule has 0 aliphatic heterocycles. The molecule has 5 rings (SSSR count). The summed E-state index contributed by atoms with van der Waals surface area (Å²) in [6.45, 7) is 1.99. The first-order valence-corrected chi connectivity index (χ1v) is 10.8. The van der Waals surface area contributed by atoms with Crippen LogP contribution >= 0.6 is 0 Å². The van der Waals surface area contributed by atoms with Crippen LogP contribution in [0.15, 0.2) is 60.7 Å². The number of nitrogens with zero attached hydrogens (tertiary/aromatic N) is 2. The number of primary amides is 1. The van der Waals surface area contributed by atoms with Crippen molar-refractivity contribution in [3.05, 3.63) is 77.7 Å². The summed E-state index contributed by atoms with van der Waals surface area (Å²) in [5, 5.41) is 1.23. The number of esters is 1. The lowest BCUT2D eigenvalue weighted by molar-refractivity contribution is 0.0520. The summed E-state index contributed by atoms with van der Waals surface area (Å²) >= 11 is 0. The molecule has 35 heavy (non-hydrogen) atoms. The smallest absolute Gasteiger partial charge is 0.354 e. The van der Waals surface area contributed by atoms with Gasteiger partial charge in [0.1, 0.15) is 11.5 Å². The third-order valence-electron chi connectivity index (χ3n) is 5.63. The highest BCUT2D eigenvalue weighted by Crippen LogP contribution is 2.35. The SMILES string of the molecule is CCOC(=O)c1cc2cccc(-c3cc(C(N)=O)cc(-c4nc(N)nc5ccc(F)cc45)c3)c2[nH]1. The predicted octanol–water partition coefficient (Wildman–Crippen LogP) is 4.44. The maximum Gasteiger partial charge on any atom is 0.354 e. The number of nitrogens with one attached hydrogen (secondary N) is 1. The molecule has 9 heteroatoms. The largest absolute Gasteiger partial charge is 0.461 e. The molecule has 2 heterocycles. The molecule has 0 saturated carbocycles. The van der Waals surface area contributed by atoms with E-state index in [0.717, 1.165) is 10.9 Å².